The minimum absolute atomic E-state index is 0.00439. The molecule has 8 unspecified atom stereocenters. The number of rotatable bonds is 9. The van der Waals surface area contributed by atoms with Crippen LogP contribution in [0.4, 0.5) is 0 Å². The molecule has 8 atom stereocenters. The van der Waals surface area contributed by atoms with Crippen LogP contribution in [0.15, 0.2) is 0 Å². The summed E-state index contributed by atoms with van der Waals surface area (Å²) in [6.45, 7) is 10.1. The summed E-state index contributed by atoms with van der Waals surface area (Å²) in [7, 11) is 0. The number of hydrogen-bond donors (Lipinski definition) is 1. The minimum Gasteiger partial charge on any atom is -0.481 e. The fourth-order valence-corrected chi connectivity index (χ4v) is 8.46. The van der Waals surface area contributed by atoms with Gasteiger partial charge in [-0.05, 0) is 99.7 Å². The third-order valence-electron chi connectivity index (χ3n) is 10.2. The summed E-state index contributed by atoms with van der Waals surface area (Å²) < 4.78 is 5.73. The number of Topliss-reactive ketones (excluding diaryl/α,β-unsaturated/α-hetero) is 1. The van der Waals surface area contributed by atoms with Crippen LogP contribution in [0.2, 0.25) is 0 Å². The van der Waals surface area contributed by atoms with Gasteiger partial charge in [-0.15, -0.1) is 0 Å². The second-order valence-electron chi connectivity index (χ2n) is 12.1. The first-order valence-corrected chi connectivity index (χ1v) is 13.4. The number of carbonyl (C=O) groups is 3. The second-order valence-corrected chi connectivity index (χ2v) is 12.1. The summed E-state index contributed by atoms with van der Waals surface area (Å²) >= 11 is 0. The van der Waals surface area contributed by atoms with Crippen molar-refractivity contribution in [2.45, 2.75) is 118 Å². The molecule has 0 saturated heterocycles. The molecule has 0 aromatic rings. The van der Waals surface area contributed by atoms with Crippen LogP contribution in [0, 0.1) is 40.4 Å². The predicted octanol–water partition coefficient (Wildman–Crippen LogP) is 6.43. The molecule has 5 heteroatoms. The van der Waals surface area contributed by atoms with Crippen LogP contribution < -0.4 is 0 Å². The highest BCUT2D eigenvalue weighted by Gasteiger charge is 2.54. The number of aliphatic carboxylic acids is 1. The highest BCUT2D eigenvalue weighted by Crippen LogP contribution is 2.59. The van der Waals surface area contributed by atoms with Gasteiger partial charge in [-0.2, -0.15) is 0 Å². The molecule has 33 heavy (non-hydrogen) atoms. The average molecular weight is 463 g/mol. The van der Waals surface area contributed by atoms with Crippen LogP contribution >= 0.6 is 0 Å². The summed E-state index contributed by atoms with van der Waals surface area (Å²) in [4.78, 5) is 36.1. The van der Waals surface area contributed by atoms with Gasteiger partial charge in [0.1, 0.15) is 11.9 Å². The number of ether oxygens (including phenoxy) is 1. The van der Waals surface area contributed by atoms with Crippen molar-refractivity contribution in [1.82, 2.24) is 0 Å². The monoisotopic (exact) mass is 462 g/mol. The van der Waals surface area contributed by atoms with Gasteiger partial charge in [0.25, 0.3) is 0 Å². The van der Waals surface area contributed by atoms with E-state index in [9.17, 15) is 19.5 Å². The molecule has 3 aliphatic rings. The molecule has 0 aromatic heterocycles. The Balaban J connectivity index is 1.81. The van der Waals surface area contributed by atoms with E-state index in [1.54, 1.807) is 6.92 Å². The lowest BCUT2D eigenvalue weighted by Crippen LogP contribution is -2.47. The Hall–Kier alpha value is -1.39. The Morgan fingerprint density at radius 1 is 1.09 bits per heavy atom. The van der Waals surface area contributed by atoms with Crippen molar-refractivity contribution in [2.75, 3.05) is 0 Å². The van der Waals surface area contributed by atoms with Crippen molar-refractivity contribution in [2.24, 2.45) is 40.4 Å². The maximum atomic E-state index is 13.2. The third-order valence-corrected chi connectivity index (χ3v) is 10.2. The summed E-state index contributed by atoms with van der Waals surface area (Å²) in [5.74, 6) is 1.31. The molecule has 0 radical (unpaired) electrons. The molecule has 3 rings (SSSR count). The van der Waals surface area contributed by atoms with E-state index in [0.717, 1.165) is 38.5 Å². The zero-order valence-corrected chi connectivity index (χ0v) is 21.5. The zero-order chi connectivity index (χ0) is 24.4. The topological polar surface area (TPSA) is 80.7 Å². The first kappa shape index (κ1) is 26.2. The molecular weight excluding hydrogens is 416 g/mol. The number of ketones is 1. The van der Waals surface area contributed by atoms with Crippen molar-refractivity contribution >= 4 is 17.7 Å². The Morgan fingerprint density at radius 2 is 1.82 bits per heavy atom. The minimum atomic E-state index is -0.754. The number of hydrogen-bond acceptors (Lipinski definition) is 4. The van der Waals surface area contributed by atoms with E-state index in [1.165, 1.54) is 32.6 Å². The first-order valence-electron chi connectivity index (χ1n) is 13.4. The van der Waals surface area contributed by atoms with Gasteiger partial charge >= 0.3 is 11.9 Å². The van der Waals surface area contributed by atoms with Gasteiger partial charge in [0, 0.05) is 18.8 Å². The average Bonchev–Trinajstić information content (AvgIpc) is 3.07. The van der Waals surface area contributed by atoms with E-state index < -0.39 is 5.97 Å². The molecule has 0 bridgehead atoms. The van der Waals surface area contributed by atoms with E-state index in [4.69, 9.17) is 4.74 Å². The molecule has 188 valence electrons. The highest BCUT2D eigenvalue weighted by atomic mass is 16.5. The Kier molecular flexibility index (Phi) is 8.32. The van der Waals surface area contributed by atoms with Crippen molar-refractivity contribution in [3.05, 3.63) is 0 Å². The SMILES string of the molecule is CC(=O)OC1CC2CCCCC2(C)C(CCC2(C(C)=O)CCC(C)C2C(C)CCC(=O)O)C1. The molecule has 3 aliphatic carbocycles. The number of carboxylic acid groups (broad SMARTS) is 1. The van der Waals surface area contributed by atoms with Crippen molar-refractivity contribution in [3.8, 4) is 0 Å². The second kappa shape index (κ2) is 10.5. The van der Waals surface area contributed by atoms with Crippen LogP contribution in [-0.2, 0) is 19.1 Å². The van der Waals surface area contributed by atoms with Crippen LogP contribution in [-0.4, -0.2) is 28.9 Å². The number of carbonyl (C=O) groups excluding carboxylic acids is 2. The van der Waals surface area contributed by atoms with Gasteiger partial charge in [0.2, 0.25) is 0 Å². The lowest BCUT2D eigenvalue weighted by Gasteiger charge is -2.53. The molecular formula is C28H46O5. The largest absolute Gasteiger partial charge is 0.481 e. The predicted molar refractivity (Wildman–Crippen MR) is 129 cm³/mol. The van der Waals surface area contributed by atoms with E-state index >= 15 is 0 Å². The quantitative estimate of drug-likeness (QED) is 0.399. The number of fused-ring (bicyclic) bond motifs is 1. The van der Waals surface area contributed by atoms with E-state index in [0.29, 0.717) is 24.2 Å². The summed E-state index contributed by atoms with van der Waals surface area (Å²) in [6, 6.07) is 0. The van der Waals surface area contributed by atoms with Gasteiger partial charge in [0.15, 0.2) is 0 Å². The summed E-state index contributed by atoms with van der Waals surface area (Å²) in [5.41, 5.74) is -0.0756. The first-order chi connectivity index (χ1) is 15.5. The summed E-state index contributed by atoms with van der Waals surface area (Å²) in [6.07, 6.45) is 11.5. The Morgan fingerprint density at radius 3 is 2.45 bits per heavy atom. The molecule has 3 fully saturated rings. The third kappa shape index (κ3) is 5.48. The molecule has 0 spiro atoms. The smallest absolute Gasteiger partial charge is 0.303 e. The zero-order valence-electron chi connectivity index (χ0n) is 21.5. The van der Waals surface area contributed by atoms with Crippen LogP contribution in [0.3, 0.4) is 0 Å². The highest BCUT2D eigenvalue weighted by molar-refractivity contribution is 5.83. The van der Waals surface area contributed by atoms with Crippen LogP contribution in [0.1, 0.15) is 112 Å². The molecule has 0 aliphatic heterocycles. The number of esters is 1. The van der Waals surface area contributed by atoms with Crippen molar-refractivity contribution in [3.63, 3.8) is 0 Å². The van der Waals surface area contributed by atoms with Crippen molar-refractivity contribution in [1.29, 1.82) is 0 Å². The van der Waals surface area contributed by atoms with E-state index in [-0.39, 0.29) is 46.9 Å². The lowest BCUT2D eigenvalue weighted by atomic mass is 9.53. The fraction of sp³-hybridized carbons (Fsp3) is 0.893. The van der Waals surface area contributed by atoms with Gasteiger partial charge in [0.05, 0.1) is 0 Å². The van der Waals surface area contributed by atoms with Gasteiger partial charge in [-0.1, -0.05) is 33.6 Å². The van der Waals surface area contributed by atoms with Gasteiger partial charge in [-0.25, -0.2) is 0 Å². The normalized spacial score (nSPS) is 39.5. The molecule has 3 saturated carbocycles. The van der Waals surface area contributed by atoms with E-state index in [2.05, 4.69) is 20.8 Å². The summed E-state index contributed by atoms with van der Waals surface area (Å²) in [5, 5.41) is 9.21. The van der Waals surface area contributed by atoms with Crippen LogP contribution in [0.25, 0.3) is 0 Å². The maximum absolute atomic E-state index is 13.2. The standard InChI is InChI=1S/C28H46O5/c1-18(9-10-25(31)32)26-19(2)11-14-28(26,20(3)29)15-12-23-17-24(33-21(4)30)16-22-8-6-7-13-27(22,23)5/h18-19,22-24,26H,6-17H2,1-5H3,(H,31,32). The van der Waals surface area contributed by atoms with Gasteiger partial charge in [-0.3, -0.25) is 14.4 Å². The number of carboxylic acids is 1. The Labute approximate surface area is 200 Å². The molecule has 0 heterocycles. The fourth-order valence-electron chi connectivity index (χ4n) is 8.46. The van der Waals surface area contributed by atoms with Gasteiger partial charge < -0.3 is 9.84 Å². The molecule has 0 amide bonds. The Bertz CT molecular complexity index is 732. The molecule has 0 aromatic carbocycles. The van der Waals surface area contributed by atoms with Crippen molar-refractivity contribution < 1.29 is 24.2 Å². The van der Waals surface area contributed by atoms with E-state index in [1.807, 2.05) is 0 Å². The molecule has 5 nitrogen and oxygen atoms in total. The lowest BCUT2D eigenvalue weighted by molar-refractivity contribution is -0.155. The van der Waals surface area contributed by atoms with Crippen LogP contribution in [0.5, 0.6) is 0 Å². The maximum Gasteiger partial charge on any atom is 0.303 e. The molecule has 1 N–H and O–H groups in total.